The largest absolute Gasteiger partial charge is 0.467 e. The van der Waals surface area contributed by atoms with Crippen molar-refractivity contribution in [3.05, 3.63) is 46.0 Å². The first kappa shape index (κ1) is 13.8. The molecule has 0 saturated carbocycles. The Kier molecular flexibility index (Phi) is 4.76. The second-order valence-corrected chi connectivity index (χ2v) is 5.50. The van der Waals surface area contributed by atoms with Crippen molar-refractivity contribution < 1.29 is 13.9 Å². The highest BCUT2D eigenvalue weighted by Gasteiger charge is 2.18. The highest BCUT2D eigenvalue weighted by atomic mass is 32.1. The number of methoxy groups -OCH3 is 1. The number of ether oxygens (including phenoxy) is 1. The molecule has 102 valence electrons. The molecular formula is C14H17NO3S. The van der Waals surface area contributed by atoms with Crippen LogP contribution in [0.25, 0.3) is 0 Å². The van der Waals surface area contributed by atoms with E-state index in [4.69, 9.17) is 9.15 Å². The van der Waals surface area contributed by atoms with Crippen molar-refractivity contribution in [2.24, 2.45) is 0 Å². The summed E-state index contributed by atoms with van der Waals surface area (Å²) in [6.07, 6.45) is 1.61. The van der Waals surface area contributed by atoms with Crippen LogP contribution in [-0.2, 0) is 11.3 Å². The zero-order valence-electron chi connectivity index (χ0n) is 11.1. The summed E-state index contributed by atoms with van der Waals surface area (Å²) in [6.45, 7) is 3.52. The van der Waals surface area contributed by atoms with Gasteiger partial charge in [-0.15, -0.1) is 11.3 Å². The summed E-state index contributed by atoms with van der Waals surface area (Å²) in [5.41, 5.74) is 0. The maximum absolute atomic E-state index is 12.4. The Morgan fingerprint density at radius 1 is 1.42 bits per heavy atom. The SMILES string of the molecule is COCCN(Cc1ccco1)C(=O)c1ccc(C)s1. The number of nitrogens with zero attached hydrogens (tertiary/aromatic N) is 1. The summed E-state index contributed by atoms with van der Waals surface area (Å²) < 4.78 is 10.4. The van der Waals surface area contributed by atoms with Crippen molar-refractivity contribution in [1.29, 1.82) is 0 Å². The van der Waals surface area contributed by atoms with Gasteiger partial charge in [0.2, 0.25) is 0 Å². The average molecular weight is 279 g/mol. The lowest BCUT2D eigenvalue weighted by Gasteiger charge is -2.20. The van der Waals surface area contributed by atoms with Crippen LogP contribution in [0.5, 0.6) is 0 Å². The van der Waals surface area contributed by atoms with E-state index in [1.165, 1.54) is 11.3 Å². The van der Waals surface area contributed by atoms with Gasteiger partial charge in [0.05, 0.1) is 24.3 Å². The highest BCUT2D eigenvalue weighted by Crippen LogP contribution is 2.18. The number of hydrogen-bond acceptors (Lipinski definition) is 4. The van der Waals surface area contributed by atoms with E-state index in [-0.39, 0.29) is 5.91 Å². The van der Waals surface area contributed by atoms with Crippen molar-refractivity contribution in [3.8, 4) is 0 Å². The Morgan fingerprint density at radius 2 is 2.26 bits per heavy atom. The summed E-state index contributed by atoms with van der Waals surface area (Å²) in [6, 6.07) is 7.51. The van der Waals surface area contributed by atoms with E-state index < -0.39 is 0 Å². The Balaban J connectivity index is 2.10. The van der Waals surface area contributed by atoms with Crippen molar-refractivity contribution in [1.82, 2.24) is 4.90 Å². The van der Waals surface area contributed by atoms with Crippen molar-refractivity contribution in [2.75, 3.05) is 20.3 Å². The van der Waals surface area contributed by atoms with Gasteiger partial charge in [0.25, 0.3) is 5.91 Å². The summed E-state index contributed by atoms with van der Waals surface area (Å²) in [7, 11) is 1.63. The standard InChI is InChI=1S/C14H17NO3S/c1-11-5-6-13(19-11)14(16)15(7-9-17-2)10-12-4-3-8-18-12/h3-6,8H,7,9-10H2,1-2H3. The molecule has 0 atom stereocenters. The molecule has 0 bridgehead atoms. The van der Waals surface area contributed by atoms with E-state index in [0.717, 1.165) is 15.5 Å². The molecular weight excluding hydrogens is 262 g/mol. The molecule has 5 heteroatoms. The van der Waals surface area contributed by atoms with Crippen molar-refractivity contribution >= 4 is 17.2 Å². The average Bonchev–Trinajstić information content (AvgIpc) is 3.05. The number of carbonyl (C=O) groups is 1. The molecule has 0 aromatic carbocycles. The number of thiophene rings is 1. The van der Waals surface area contributed by atoms with Crippen LogP contribution in [0.2, 0.25) is 0 Å². The van der Waals surface area contributed by atoms with Gasteiger partial charge in [0.15, 0.2) is 0 Å². The lowest BCUT2D eigenvalue weighted by Crippen LogP contribution is -2.32. The first-order chi connectivity index (χ1) is 9.20. The third kappa shape index (κ3) is 3.68. The first-order valence-electron chi connectivity index (χ1n) is 6.07. The second kappa shape index (κ2) is 6.54. The summed E-state index contributed by atoms with van der Waals surface area (Å²) >= 11 is 1.51. The topological polar surface area (TPSA) is 42.7 Å². The minimum atomic E-state index is 0.0200. The molecule has 2 aromatic rings. The minimum absolute atomic E-state index is 0.0200. The number of carbonyl (C=O) groups excluding carboxylic acids is 1. The maximum atomic E-state index is 12.4. The quantitative estimate of drug-likeness (QED) is 0.816. The molecule has 0 N–H and O–H groups in total. The van der Waals surface area contributed by atoms with Crippen LogP contribution in [0.15, 0.2) is 34.9 Å². The number of amides is 1. The monoisotopic (exact) mass is 279 g/mol. The number of rotatable bonds is 6. The highest BCUT2D eigenvalue weighted by molar-refractivity contribution is 7.13. The molecule has 0 unspecified atom stereocenters. The Labute approximate surface area is 116 Å². The van der Waals surface area contributed by atoms with E-state index in [1.54, 1.807) is 18.3 Å². The number of aryl methyl sites for hydroxylation is 1. The van der Waals surface area contributed by atoms with Crippen LogP contribution in [0.3, 0.4) is 0 Å². The van der Waals surface area contributed by atoms with Gasteiger partial charge < -0.3 is 14.1 Å². The van der Waals surface area contributed by atoms with Gasteiger partial charge in [0.1, 0.15) is 5.76 Å². The fourth-order valence-electron chi connectivity index (χ4n) is 1.75. The van der Waals surface area contributed by atoms with Crippen LogP contribution in [0.4, 0.5) is 0 Å². The third-order valence-corrected chi connectivity index (χ3v) is 3.72. The van der Waals surface area contributed by atoms with Crippen LogP contribution >= 0.6 is 11.3 Å². The molecule has 2 heterocycles. The molecule has 1 amide bonds. The molecule has 0 aliphatic rings. The summed E-state index contributed by atoms with van der Waals surface area (Å²) in [5.74, 6) is 0.796. The maximum Gasteiger partial charge on any atom is 0.264 e. The molecule has 0 spiro atoms. The second-order valence-electron chi connectivity index (χ2n) is 4.21. The van der Waals surface area contributed by atoms with E-state index in [9.17, 15) is 4.79 Å². The van der Waals surface area contributed by atoms with Gasteiger partial charge in [0, 0.05) is 18.5 Å². The zero-order chi connectivity index (χ0) is 13.7. The molecule has 0 aliphatic heterocycles. The van der Waals surface area contributed by atoms with Crippen LogP contribution in [-0.4, -0.2) is 31.1 Å². The van der Waals surface area contributed by atoms with Gasteiger partial charge in [-0.05, 0) is 31.2 Å². The summed E-state index contributed by atoms with van der Waals surface area (Å²) in [4.78, 5) is 16.1. The lowest BCUT2D eigenvalue weighted by atomic mass is 10.3. The van der Waals surface area contributed by atoms with Gasteiger partial charge in [-0.1, -0.05) is 0 Å². The van der Waals surface area contributed by atoms with Gasteiger partial charge in [-0.3, -0.25) is 4.79 Å². The fourth-order valence-corrected chi connectivity index (χ4v) is 2.59. The normalized spacial score (nSPS) is 10.6. The zero-order valence-corrected chi connectivity index (χ0v) is 11.9. The molecule has 2 rings (SSSR count). The van der Waals surface area contributed by atoms with Gasteiger partial charge in [-0.25, -0.2) is 0 Å². The van der Waals surface area contributed by atoms with Gasteiger partial charge >= 0.3 is 0 Å². The molecule has 4 nitrogen and oxygen atoms in total. The molecule has 0 fully saturated rings. The third-order valence-electron chi connectivity index (χ3n) is 2.73. The smallest absolute Gasteiger partial charge is 0.264 e. The molecule has 0 aliphatic carbocycles. The van der Waals surface area contributed by atoms with E-state index in [1.807, 2.05) is 31.2 Å². The summed E-state index contributed by atoms with van der Waals surface area (Å²) in [5, 5.41) is 0. The number of furan rings is 1. The number of hydrogen-bond donors (Lipinski definition) is 0. The predicted molar refractivity (Wildman–Crippen MR) is 74.4 cm³/mol. The van der Waals surface area contributed by atoms with E-state index in [0.29, 0.717) is 19.7 Å². The Bertz CT molecular complexity index is 519. The van der Waals surface area contributed by atoms with Crippen LogP contribution < -0.4 is 0 Å². The minimum Gasteiger partial charge on any atom is -0.467 e. The van der Waals surface area contributed by atoms with E-state index >= 15 is 0 Å². The van der Waals surface area contributed by atoms with Crippen molar-refractivity contribution in [3.63, 3.8) is 0 Å². The van der Waals surface area contributed by atoms with E-state index in [2.05, 4.69) is 0 Å². The Morgan fingerprint density at radius 3 is 2.84 bits per heavy atom. The predicted octanol–water partition coefficient (Wildman–Crippen LogP) is 2.94. The lowest BCUT2D eigenvalue weighted by molar-refractivity contribution is 0.0671. The first-order valence-corrected chi connectivity index (χ1v) is 6.89. The molecule has 19 heavy (non-hydrogen) atoms. The van der Waals surface area contributed by atoms with Crippen molar-refractivity contribution in [2.45, 2.75) is 13.5 Å². The fraction of sp³-hybridized carbons (Fsp3) is 0.357. The van der Waals surface area contributed by atoms with Gasteiger partial charge in [-0.2, -0.15) is 0 Å². The molecule has 0 radical (unpaired) electrons. The van der Waals surface area contributed by atoms with Crippen LogP contribution in [0, 0.1) is 6.92 Å². The molecule has 0 saturated heterocycles. The Hall–Kier alpha value is -1.59. The molecule has 2 aromatic heterocycles. The van der Waals surface area contributed by atoms with Crippen LogP contribution in [0.1, 0.15) is 20.3 Å².